The minimum absolute atomic E-state index is 0.129. The van der Waals surface area contributed by atoms with Crippen molar-refractivity contribution in [2.75, 3.05) is 26.3 Å². The van der Waals surface area contributed by atoms with E-state index in [1.165, 1.54) is 12.0 Å². The molecule has 0 bridgehead atoms. The highest BCUT2D eigenvalue weighted by Gasteiger charge is 2.09. The third kappa shape index (κ3) is 6.99. The number of hydrogen-bond donors (Lipinski definition) is 3. The highest BCUT2D eigenvalue weighted by atomic mass is 32.1. The predicted octanol–water partition coefficient (Wildman–Crippen LogP) is 4.25. The Hall–Kier alpha value is -2.15. The number of rotatable bonds is 13. The molecule has 3 aromatic rings. The lowest BCUT2D eigenvalue weighted by molar-refractivity contribution is 0.127. The minimum Gasteiger partial charge on any atom is -0.506 e. The van der Waals surface area contributed by atoms with E-state index >= 15 is 0 Å². The van der Waals surface area contributed by atoms with Crippen molar-refractivity contribution in [1.29, 1.82) is 0 Å². The number of nitrogens with one attached hydrogen (secondary N) is 2. The summed E-state index contributed by atoms with van der Waals surface area (Å²) in [4.78, 5) is 14.1. The first kappa shape index (κ1) is 21.6. The predicted molar refractivity (Wildman–Crippen MR) is 120 cm³/mol. The first-order valence-electron chi connectivity index (χ1n) is 10.4. The first-order valence-corrected chi connectivity index (χ1v) is 11.2. The van der Waals surface area contributed by atoms with Gasteiger partial charge in [0.25, 0.3) is 0 Å². The average molecular weight is 415 g/mol. The molecule has 29 heavy (non-hydrogen) atoms. The van der Waals surface area contributed by atoms with E-state index in [-0.39, 0.29) is 10.6 Å². The lowest BCUT2D eigenvalue weighted by Crippen LogP contribution is -2.19. The van der Waals surface area contributed by atoms with E-state index in [1.54, 1.807) is 6.07 Å². The fraction of sp³-hybridized carbons (Fsp3) is 0.435. The molecule has 1 aromatic heterocycles. The number of aromatic hydroxyl groups is 1. The molecule has 0 aliphatic carbocycles. The van der Waals surface area contributed by atoms with E-state index in [2.05, 4.69) is 40.6 Å². The topological polar surface area (TPSA) is 74.4 Å². The maximum Gasteiger partial charge on any atom is 0.305 e. The average Bonchev–Trinajstić information content (AvgIpc) is 3.13. The van der Waals surface area contributed by atoms with Crippen molar-refractivity contribution in [3.8, 4) is 5.75 Å². The molecular weight excluding hydrogens is 384 g/mol. The van der Waals surface area contributed by atoms with Crippen molar-refractivity contribution >= 4 is 21.6 Å². The van der Waals surface area contributed by atoms with E-state index in [0.29, 0.717) is 5.52 Å². The van der Waals surface area contributed by atoms with Crippen LogP contribution in [-0.4, -0.2) is 36.4 Å². The summed E-state index contributed by atoms with van der Waals surface area (Å²) in [6, 6.07) is 14.1. The second kappa shape index (κ2) is 11.8. The van der Waals surface area contributed by atoms with Gasteiger partial charge in [-0.3, -0.25) is 4.79 Å². The van der Waals surface area contributed by atoms with Crippen LogP contribution in [0.3, 0.4) is 0 Å². The number of phenols is 1. The van der Waals surface area contributed by atoms with Gasteiger partial charge in [-0.2, -0.15) is 0 Å². The monoisotopic (exact) mass is 414 g/mol. The molecule has 3 rings (SSSR count). The fourth-order valence-corrected chi connectivity index (χ4v) is 4.25. The van der Waals surface area contributed by atoms with Gasteiger partial charge in [-0.15, -0.1) is 0 Å². The lowest BCUT2D eigenvalue weighted by Gasteiger charge is -2.07. The SMILES string of the molecule is O=c1[nH]c2c(O)ccc(CCNCCCCOCCCCc3ccccc3)c2s1. The number of phenolic OH excluding ortho intramolecular Hbond substituents is 1. The third-order valence-corrected chi connectivity index (χ3v) is 5.91. The van der Waals surface area contributed by atoms with Crippen LogP contribution in [0.5, 0.6) is 5.75 Å². The molecule has 0 atom stereocenters. The molecule has 0 saturated heterocycles. The quantitative estimate of drug-likeness (QED) is 0.366. The standard InChI is InChI=1S/C23H30N2O3S/c26-20-12-11-19(22-21(20)25-23(27)29-22)13-15-24-14-5-7-17-28-16-6-4-10-18-8-2-1-3-9-18/h1-3,8-9,11-12,24,26H,4-7,10,13-17H2,(H,25,27). The highest BCUT2D eigenvalue weighted by molar-refractivity contribution is 7.16. The number of aryl methyl sites for hydroxylation is 1. The van der Waals surface area contributed by atoms with Gasteiger partial charge in [-0.05, 0) is 68.8 Å². The number of aromatic nitrogens is 1. The Morgan fingerprint density at radius 1 is 0.931 bits per heavy atom. The van der Waals surface area contributed by atoms with Gasteiger partial charge in [0, 0.05) is 13.2 Å². The Morgan fingerprint density at radius 2 is 1.72 bits per heavy atom. The summed E-state index contributed by atoms with van der Waals surface area (Å²) < 4.78 is 6.58. The van der Waals surface area contributed by atoms with Crippen molar-refractivity contribution < 1.29 is 9.84 Å². The summed E-state index contributed by atoms with van der Waals surface area (Å²) in [5.41, 5.74) is 3.04. The molecule has 0 saturated carbocycles. The van der Waals surface area contributed by atoms with Crippen molar-refractivity contribution in [2.45, 2.75) is 38.5 Å². The number of hydrogen-bond acceptors (Lipinski definition) is 5. The Morgan fingerprint density at radius 3 is 2.55 bits per heavy atom. The maximum atomic E-state index is 11.5. The number of fused-ring (bicyclic) bond motifs is 1. The van der Waals surface area contributed by atoms with Gasteiger partial charge in [0.05, 0.1) is 4.70 Å². The summed E-state index contributed by atoms with van der Waals surface area (Å²) in [7, 11) is 0. The fourth-order valence-electron chi connectivity index (χ4n) is 3.35. The van der Waals surface area contributed by atoms with Crippen LogP contribution in [0.15, 0.2) is 47.3 Å². The molecule has 0 aliphatic heterocycles. The summed E-state index contributed by atoms with van der Waals surface area (Å²) >= 11 is 1.16. The molecule has 156 valence electrons. The molecule has 2 aromatic carbocycles. The van der Waals surface area contributed by atoms with E-state index in [1.807, 2.05) is 6.07 Å². The van der Waals surface area contributed by atoms with Crippen LogP contribution in [0, 0.1) is 0 Å². The Balaban J connectivity index is 1.19. The van der Waals surface area contributed by atoms with E-state index < -0.39 is 0 Å². The van der Waals surface area contributed by atoms with Gasteiger partial charge in [0.2, 0.25) is 0 Å². The first-order chi connectivity index (χ1) is 14.2. The molecule has 0 unspecified atom stereocenters. The van der Waals surface area contributed by atoms with Crippen molar-refractivity contribution in [2.24, 2.45) is 0 Å². The van der Waals surface area contributed by atoms with Crippen LogP contribution in [-0.2, 0) is 17.6 Å². The van der Waals surface area contributed by atoms with Gasteiger partial charge in [0.15, 0.2) is 0 Å². The zero-order valence-electron chi connectivity index (χ0n) is 16.8. The second-order valence-electron chi connectivity index (χ2n) is 7.22. The van der Waals surface area contributed by atoms with Crippen LogP contribution < -0.4 is 10.2 Å². The highest BCUT2D eigenvalue weighted by Crippen LogP contribution is 2.27. The zero-order chi connectivity index (χ0) is 20.3. The smallest absolute Gasteiger partial charge is 0.305 e. The van der Waals surface area contributed by atoms with E-state index in [0.717, 1.165) is 80.0 Å². The molecule has 0 aliphatic rings. The molecule has 0 amide bonds. The largest absolute Gasteiger partial charge is 0.506 e. The molecule has 5 nitrogen and oxygen atoms in total. The van der Waals surface area contributed by atoms with Crippen LogP contribution in [0.4, 0.5) is 0 Å². The van der Waals surface area contributed by atoms with Crippen LogP contribution in [0.1, 0.15) is 36.8 Å². The van der Waals surface area contributed by atoms with Gasteiger partial charge < -0.3 is 20.1 Å². The number of benzene rings is 2. The zero-order valence-corrected chi connectivity index (χ0v) is 17.6. The summed E-state index contributed by atoms with van der Waals surface area (Å²) in [6.07, 6.45) is 6.40. The minimum atomic E-state index is -0.129. The normalized spacial score (nSPS) is 11.3. The second-order valence-corrected chi connectivity index (χ2v) is 8.21. The molecule has 0 radical (unpaired) electrons. The Labute approximate surface area is 175 Å². The molecule has 1 heterocycles. The van der Waals surface area contributed by atoms with E-state index in [9.17, 15) is 9.90 Å². The van der Waals surface area contributed by atoms with Crippen molar-refractivity contribution in [3.05, 3.63) is 63.3 Å². The third-order valence-electron chi connectivity index (χ3n) is 4.95. The number of H-pyrrole nitrogens is 1. The van der Waals surface area contributed by atoms with Gasteiger partial charge in [-0.25, -0.2) is 0 Å². The van der Waals surface area contributed by atoms with Gasteiger partial charge in [0.1, 0.15) is 11.3 Å². The van der Waals surface area contributed by atoms with Gasteiger partial charge >= 0.3 is 4.87 Å². The number of aromatic amines is 1. The maximum absolute atomic E-state index is 11.5. The van der Waals surface area contributed by atoms with Crippen LogP contribution in [0.2, 0.25) is 0 Å². The Bertz CT molecular complexity index is 921. The van der Waals surface area contributed by atoms with Crippen molar-refractivity contribution in [1.82, 2.24) is 10.3 Å². The lowest BCUT2D eigenvalue weighted by atomic mass is 10.1. The molecular formula is C23H30N2O3S. The molecule has 3 N–H and O–H groups in total. The summed E-state index contributed by atoms with van der Waals surface area (Å²) in [5.74, 6) is 0.134. The van der Waals surface area contributed by atoms with Gasteiger partial charge in [-0.1, -0.05) is 47.7 Å². The van der Waals surface area contributed by atoms with E-state index in [4.69, 9.17) is 4.74 Å². The molecule has 0 spiro atoms. The van der Waals surface area contributed by atoms with Crippen LogP contribution >= 0.6 is 11.3 Å². The number of thiazole rings is 1. The summed E-state index contributed by atoms with van der Waals surface area (Å²) in [5, 5.41) is 13.3. The van der Waals surface area contributed by atoms with Crippen LogP contribution in [0.25, 0.3) is 10.2 Å². The molecule has 0 fully saturated rings. The number of unbranched alkanes of at least 4 members (excludes halogenated alkanes) is 2. The Kier molecular flexibility index (Phi) is 8.74. The van der Waals surface area contributed by atoms with Crippen molar-refractivity contribution in [3.63, 3.8) is 0 Å². The summed E-state index contributed by atoms with van der Waals surface area (Å²) in [6.45, 7) is 3.48. The molecule has 6 heteroatoms. The number of ether oxygens (including phenoxy) is 1.